The van der Waals surface area contributed by atoms with E-state index in [0.717, 1.165) is 0 Å². The molecule has 6 nitrogen and oxygen atoms in total. The lowest BCUT2D eigenvalue weighted by molar-refractivity contribution is -0.125. The molecule has 1 saturated carbocycles. The number of amides is 2. The Morgan fingerprint density at radius 2 is 1.83 bits per heavy atom. The maximum atomic E-state index is 12.2. The van der Waals surface area contributed by atoms with Gasteiger partial charge in [-0.3, -0.25) is 9.59 Å². The van der Waals surface area contributed by atoms with E-state index in [1.807, 2.05) is 0 Å². The number of nitrogens with one attached hydrogen (secondary N) is 2. The topological polar surface area (TPSA) is 92.3 Å². The Morgan fingerprint density at radius 1 is 1.12 bits per heavy atom. The van der Waals surface area contributed by atoms with Crippen LogP contribution in [0.15, 0.2) is 18.2 Å². The second-order valence-electron chi connectivity index (χ2n) is 6.17. The summed E-state index contributed by atoms with van der Waals surface area (Å²) in [6, 6.07) is 4.39. The highest BCUT2D eigenvalue weighted by atomic mass is 35.5. The normalized spacial score (nSPS) is 27.5. The summed E-state index contributed by atoms with van der Waals surface area (Å²) in [7, 11) is -3.04. The van der Waals surface area contributed by atoms with Crippen molar-refractivity contribution >= 4 is 50.5 Å². The van der Waals surface area contributed by atoms with Gasteiger partial charge in [-0.2, -0.15) is 0 Å². The van der Waals surface area contributed by atoms with Crippen LogP contribution in [0.25, 0.3) is 0 Å². The molecule has 130 valence electrons. The summed E-state index contributed by atoms with van der Waals surface area (Å²) in [5, 5.41) is 6.20. The molecule has 1 saturated heterocycles. The number of hydrogen-bond donors (Lipinski definition) is 2. The highest BCUT2D eigenvalue weighted by Gasteiger charge is 2.48. The molecule has 0 radical (unpaired) electrons. The molecule has 2 aliphatic rings. The van der Waals surface area contributed by atoms with Gasteiger partial charge in [-0.05, 0) is 31.0 Å². The lowest BCUT2D eigenvalue weighted by Crippen LogP contribution is -2.37. The number of anilines is 1. The Hall–Kier alpha value is -1.31. The Bertz CT molecular complexity index is 797. The molecule has 3 rings (SSSR count). The van der Waals surface area contributed by atoms with Gasteiger partial charge in [0.05, 0.1) is 34.1 Å². The number of sulfone groups is 1. The maximum Gasteiger partial charge on any atom is 0.228 e. The second kappa shape index (κ2) is 6.54. The summed E-state index contributed by atoms with van der Waals surface area (Å²) < 4.78 is 22.8. The number of carbonyl (C=O) groups excluding carboxylic acids is 2. The first-order valence-corrected chi connectivity index (χ1v) is 10.1. The van der Waals surface area contributed by atoms with Crippen LogP contribution >= 0.6 is 23.2 Å². The van der Waals surface area contributed by atoms with Crippen molar-refractivity contribution < 1.29 is 18.0 Å². The molecule has 1 heterocycles. The summed E-state index contributed by atoms with van der Waals surface area (Å²) in [6.45, 7) is 0. The van der Waals surface area contributed by atoms with Gasteiger partial charge in [0.15, 0.2) is 9.84 Å². The van der Waals surface area contributed by atoms with Gasteiger partial charge < -0.3 is 10.6 Å². The lowest BCUT2D eigenvalue weighted by atomic mass is 10.2. The van der Waals surface area contributed by atoms with Gasteiger partial charge in [-0.1, -0.05) is 23.2 Å². The van der Waals surface area contributed by atoms with Crippen LogP contribution in [0.1, 0.15) is 12.8 Å². The molecule has 1 aromatic rings. The molecule has 24 heavy (non-hydrogen) atoms. The number of carbonyl (C=O) groups is 2. The second-order valence-corrected chi connectivity index (χ2v) is 9.24. The zero-order valence-electron chi connectivity index (χ0n) is 12.6. The van der Waals surface area contributed by atoms with Crippen molar-refractivity contribution in [2.75, 3.05) is 16.8 Å². The van der Waals surface area contributed by atoms with Gasteiger partial charge in [0, 0.05) is 11.1 Å². The van der Waals surface area contributed by atoms with Gasteiger partial charge in [0.1, 0.15) is 0 Å². The zero-order chi connectivity index (χ0) is 17.5. The van der Waals surface area contributed by atoms with Crippen LogP contribution in [0.5, 0.6) is 0 Å². The predicted octanol–water partition coefficient (Wildman–Crippen LogP) is 1.87. The van der Waals surface area contributed by atoms with E-state index in [2.05, 4.69) is 10.6 Å². The molecule has 2 amide bonds. The van der Waals surface area contributed by atoms with Crippen molar-refractivity contribution in [3.05, 3.63) is 28.2 Å². The number of benzene rings is 1. The summed E-state index contributed by atoms with van der Waals surface area (Å²) in [6.07, 6.45) is 0.875. The molecule has 1 aliphatic carbocycles. The third kappa shape index (κ3) is 4.02. The minimum atomic E-state index is -3.04. The number of rotatable bonds is 4. The van der Waals surface area contributed by atoms with Crippen LogP contribution in [0.2, 0.25) is 10.0 Å². The SMILES string of the molecule is O=C(Nc1ccc(Cl)cc1Cl)C1CC1C(=O)NC1CCS(=O)(=O)C1. The van der Waals surface area contributed by atoms with E-state index < -0.39 is 21.7 Å². The van der Waals surface area contributed by atoms with Gasteiger partial charge >= 0.3 is 0 Å². The van der Waals surface area contributed by atoms with Crippen LogP contribution in [-0.4, -0.2) is 37.8 Å². The van der Waals surface area contributed by atoms with Gasteiger partial charge in [-0.25, -0.2) is 8.42 Å². The van der Waals surface area contributed by atoms with E-state index >= 15 is 0 Å². The average molecular weight is 391 g/mol. The molecule has 0 aromatic heterocycles. The van der Waals surface area contributed by atoms with E-state index in [0.29, 0.717) is 28.6 Å². The smallest absolute Gasteiger partial charge is 0.228 e. The summed E-state index contributed by atoms with van der Waals surface area (Å²) >= 11 is 11.8. The molecule has 1 aromatic carbocycles. The maximum absolute atomic E-state index is 12.2. The number of hydrogen-bond acceptors (Lipinski definition) is 4. The van der Waals surface area contributed by atoms with Crippen molar-refractivity contribution in [1.82, 2.24) is 5.32 Å². The summed E-state index contributed by atoms with van der Waals surface area (Å²) in [5.41, 5.74) is 0.444. The molecular formula is C15H16Cl2N2O4S. The van der Waals surface area contributed by atoms with E-state index in [9.17, 15) is 18.0 Å². The molecule has 9 heteroatoms. The highest BCUT2D eigenvalue weighted by Crippen LogP contribution is 2.40. The van der Waals surface area contributed by atoms with Crippen molar-refractivity contribution in [2.24, 2.45) is 11.8 Å². The first-order chi connectivity index (χ1) is 11.2. The van der Waals surface area contributed by atoms with Crippen LogP contribution in [0, 0.1) is 11.8 Å². The highest BCUT2D eigenvalue weighted by molar-refractivity contribution is 7.91. The van der Waals surface area contributed by atoms with E-state index in [1.165, 1.54) is 6.07 Å². The van der Waals surface area contributed by atoms with Crippen molar-refractivity contribution in [2.45, 2.75) is 18.9 Å². The Kier molecular flexibility index (Phi) is 4.77. The summed E-state index contributed by atoms with van der Waals surface area (Å²) in [4.78, 5) is 24.3. The monoisotopic (exact) mass is 390 g/mol. The number of halogens is 2. The van der Waals surface area contributed by atoms with E-state index in [4.69, 9.17) is 23.2 Å². The average Bonchev–Trinajstić information content (AvgIpc) is 3.22. The molecule has 3 atom stereocenters. The third-order valence-corrected chi connectivity index (χ3v) is 6.55. The predicted molar refractivity (Wildman–Crippen MR) is 91.9 cm³/mol. The van der Waals surface area contributed by atoms with Crippen LogP contribution in [-0.2, 0) is 19.4 Å². The first-order valence-electron chi connectivity index (χ1n) is 7.52. The Labute approximate surface area is 149 Å². The molecule has 2 N–H and O–H groups in total. The van der Waals surface area contributed by atoms with Crippen molar-refractivity contribution in [3.8, 4) is 0 Å². The fourth-order valence-electron chi connectivity index (χ4n) is 2.81. The minimum Gasteiger partial charge on any atom is -0.352 e. The fourth-order valence-corrected chi connectivity index (χ4v) is 4.94. The van der Waals surface area contributed by atoms with Gasteiger partial charge in [0.2, 0.25) is 11.8 Å². The molecule has 2 fully saturated rings. The molecule has 3 unspecified atom stereocenters. The van der Waals surface area contributed by atoms with Gasteiger partial charge in [-0.15, -0.1) is 0 Å². The summed E-state index contributed by atoms with van der Waals surface area (Å²) in [5.74, 6) is -1.31. The quantitative estimate of drug-likeness (QED) is 0.820. The van der Waals surface area contributed by atoms with Crippen molar-refractivity contribution in [3.63, 3.8) is 0 Å². The molecular weight excluding hydrogens is 375 g/mol. The molecule has 0 bridgehead atoms. The lowest BCUT2D eigenvalue weighted by Gasteiger charge is -2.11. The van der Waals surface area contributed by atoms with Crippen molar-refractivity contribution in [1.29, 1.82) is 0 Å². The first kappa shape index (κ1) is 17.5. The minimum absolute atomic E-state index is 0.0251. The third-order valence-electron chi connectivity index (χ3n) is 4.23. The molecule has 1 aliphatic heterocycles. The zero-order valence-corrected chi connectivity index (χ0v) is 14.9. The van der Waals surface area contributed by atoms with Gasteiger partial charge in [0.25, 0.3) is 0 Å². The molecule has 0 spiro atoms. The Balaban J connectivity index is 1.53. The van der Waals surface area contributed by atoms with Crippen LogP contribution in [0.3, 0.4) is 0 Å². The van der Waals surface area contributed by atoms with Crippen LogP contribution in [0.4, 0.5) is 5.69 Å². The fraction of sp³-hybridized carbons (Fsp3) is 0.467. The standard InChI is InChI=1S/C15H16Cl2N2O4S/c16-8-1-2-13(12(17)5-8)19-15(21)11-6-10(11)14(20)18-9-3-4-24(22,23)7-9/h1-2,5,9-11H,3-4,6-7H2,(H,18,20)(H,19,21). The van der Waals surface area contributed by atoms with E-state index in [1.54, 1.807) is 12.1 Å². The van der Waals surface area contributed by atoms with E-state index in [-0.39, 0.29) is 29.4 Å². The largest absolute Gasteiger partial charge is 0.352 e. The Morgan fingerprint density at radius 3 is 2.46 bits per heavy atom. The van der Waals surface area contributed by atoms with Crippen LogP contribution < -0.4 is 10.6 Å².